The van der Waals surface area contributed by atoms with Gasteiger partial charge in [-0.2, -0.15) is 0 Å². The van der Waals surface area contributed by atoms with Crippen LogP contribution in [-0.2, 0) is 0 Å². The number of hydrogen-bond acceptors (Lipinski definition) is 5. The van der Waals surface area contributed by atoms with Crippen molar-refractivity contribution in [1.29, 1.82) is 0 Å². The number of nitrogens with zero attached hydrogens (tertiary/aromatic N) is 3. The van der Waals surface area contributed by atoms with Crippen molar-refractivity contribution in [3.05, 3.63) is 48.2 Å². The Kier molecular flexibility index (Phi) is 4.53. The largest absolute Gasteiger partial charge is 0.495 e. The van der Waals surface area contributed by atoms with Gasteiger partial charge < -0.3 is 20.3 Å². The van der Waals surface area contributed by atoms with E-state index in [0.717, 1.165) is 18.0 Å². The highest BCUT2D eigenvalue weighted by molar-refractivity contribution is 5.94. The zero-order chi connectivity index (χ0) is 18.0. The summed E-state index contributed by atoms with van der Waals surface area (Å²) >= 11 is 0. The first kappa shape index (κ1) is 17.1. The lowest BCUT2D eigenvalue weighted by Gasteiger charge is -2.48. The van der Waals surface area contributed by atoms with Gasteiger partial charge in [0.25, 0.3) is 5.91 Å². The number of piperazine rings is 1. The van der Waals surface area contributed by atoms with Crippen molar-refractivity contribution in [3.8, 4) is 5.75 Å². The Morgan fingerprint density at radius 3 is 2.60 bits per heavy atom. The van der Waals surface area contributed by atoms with Gasteiger partial charge in [0.05, 0.1) is 23.9 Å². The Balaban J connectivity index is 1.80. The monoisotopic (exact) mass is 340 g/mol. The number of benzene rings is 1. The van der Waals surface area contributed by atoms with Crippen molar-refractivity contribution in [2.75, 3.05) is 37.4 Å². The maximum atomic E-state index is 12.8. The topological polar surface area (TPSA) is 71.7 Å². The summed E-state index contributed by atoms with van der Waals surface area (Å²) < 4.78 is 5.50. The van der Waals surface area contributed by atoms with E-state index in [1.165, 1.54) is 6.20 Å². The molecule has 1 saturated heterocycles. The molecule has 6 heteroatoms. The molecule has 0 saturated carbocycles. The van der Waals surface area contributed by atoms with Crippen molar-refractivity contribution in [1.82, 2.24) is 9.88 Å². The van der Waals surface area contributed by atoms with E-state index in [1.54, 1.807) is 19.2 Å². The molecule has 1 aromatic carbocycles. The van der Waals surface area contributed by atoms with Crippen LogP contribution >= 0.6 is 0 Å². The number of carbonyl (C=O) groups excluding carboxylic acids is 1. The van der Waals surface area contributed by atoms with Crippen molar-refractivity contribution < 1.29 is 9.53 Å². The molecule has 3 rings (SSSR count). The Hall–Kier alpha value is -2.76. The summed E-state index contributed by atoms with van der Waals surface area (Å²) in [6, 6.07) is 11.4. The second kappa shape index (κ2) is 6.63. The molecule has 0 spiro atoms. The molecule has 0 unspecified atom stereocenters. The molecule has 2 aromatic rings. The molecule has 0 aliphatic carbocycles. The molecule has 6 nitrogen and oxygen atoms in total. The SMILES string of the molecule is COc1ccccc1N1CCN(C(=O)c2ccc(N)nc2)CC1(C)C. The van der Waals surface area contributed by atoms with E-state index in [-0.39, 0.29) is 11.4 Å². The predicted octanol–water partition coefficient (Wildman–Crippen LogP) is 2.41. The summed E-state index contributed by atoms with van der Waals surface area (Å²) in [6.45, 7) is 6.28. The summed E-state index contributed by atoms with van der Waals surface area (Å²) in [6.07, 6.45) is 1.54. The van der Waals surface area contributed by atoms with Crippen LogP contribution in [0.2, 0.25) is 0 Å². The fraction of sp³-hybridized carbons (Fsp3) is 0.368. The molecule has 1 fully saturated rings. The Morgan fingerprint density at radius 2 is 1.96 bits per heavy atom. The van der Waals surface area contributed by atoms with E-state index in [0.29, 0.717) is 24.5 Å². The molecule has 1 amide bonds. The third-order valence-electron chi connectivity index (χ3n) is 4.60. The van der Waals surface area contributed by atoms with Crippen LogP contribution in [0.25, 0.3) is 0 Å². The molecule has 0 bridgehead atoms. The Labute approximate surface area is 148 Å². The highest BCUT2D eigenvalue weighted by Crippen LogP contribution is 2.35. The van der Waals surface area contributed by atoms with Gasteiger partial charge in [-0.15, -0.1) is 0 Å². The van der Waals surface area contributed by atoms with E-state index in [9.17, 15) is 4.79 Å². The van der Waals surface area contributed by atoms with Crippen molar-refractivity contribution in [2.24, 2.45) is 0 Å². The highest BCUT2D eigenvalue weighted by Gasteiger charge is 2.37. The van der Waals surface area contributed by atoms with Gasteiger partial charge in [0.1, 0.15) is 11.6 Å². The van der Waals surface area contributed by atoms with E-state index in [1.807, 2.05) is 23.1 Å². The molecule has 0 atom stereocenters. The normalized spacial score (nSPS) is 16.6. The van der Waals surface area contributed by atoms with Gasteiger partial charge in [-0.05, 0) is 38.1 Å². The van der Waals surface area contributed by atoms with E-state index in [2.05, 4.69) is 29.8 Å². The number of anilines is 2. The highest BCUT2D eigenvalue weighted by atomic mass is 16.5. The van der Waals surface area contributed by atoms with Crippen LogP contribution in [0.1, 0.15) is 24.2 Å². The van der Waals surface area contributed by atoms with Gasteiger partial charge in [-0.3, -0.25) is 4.79 Å². The van der Waals surface area contributed by atoms with Gasteiger partial charge in [-0.25, -0.2) is 4.98 Å². The number of aromatic nitrogens is 1. The standard InChI is InChI=1S/C19H24N4O2/c1-19(2)13-22(18(24)14-8-9-17(20)21-12-14)10-11-23(19)15-6-4-5-7-16(15)25-3/h4-9,12H,10-11,13H2,1-3H3,(H2,20,21). The van der Waals surface area contributed by atoms with Gasteiger partial charge in [0.2, 0.25) is 0 Å². The molecule has 132 valence electrons. The molecule has 2 N–H and O–H groups in total. The van der Waals surface area contributed by atoms with Crippen LogP contribution < -0.4 is 15.4 Å². The lowest BCUT2D eigenvalue weighted by atomic mass is 9.97. The number of methoxy groups -OCH3 is 1. The molecule has 25 heavy (non-hydrogen) atoms. The molecule has 1 aromatic heterocycles. The summed E-state index contributed by atoms with van der Waals surface area (Å²) in [4.78, 5) is 21.0. The van der Waals surface area contributed by atoms with Crippen molar-refractivity contribution in [2.45, 2.75) is 19.4 Å². The number of carbonyl (C=O) groups is 1. The number of hydrogen-bond donors (Lipinski definition) is 1. The lowest BCUT2D eigenvalue weighted by Crippen LogP contribution is -2.60. The molecule has 1 aliphatic heterocycles. The first-order valence-corrected chi connectivity index (χ1v) is 8.34. The summed E-state index contributed by atoms with van der Waals surface area (Å²) in [7, 11) is 1.68. The van der Waals surface area contributed by atoms with Crippen LogP contribution in [0.3, 0.4) is 0 Å². The Bertz CT molecular complexity index is 758. The van der Waals surface area contributed by atoms with Gasteiger partial charge in [0.15, 0.2) is 0 Å². The second-order valence-electron chi connectivity index (χ2n) is 6.83. The van der Waals surface area contributed by atoms with Crippen LogP contribution in [0, 0.1) is 0 Å². The summed E-state index contributed by atoms with van der Waals surface area (Å²) in [5.74, 6) is 1.25. The van der Waals surface area contributed by atoms with Gasteiger partial charge in [0, 0.05) is 25.8 Å². The molecule has 0 radical (unpaired) electrons. The zero-order valence-corrected chi connectivity index (χ0v) is 14.9. The average molecular weight is 340 g/mol. The minimum absolute atomic E-state index is 0.0137. The maximum absolute atomic E-state index is 12.8. The van der Waals surface area contributed by atoms with E-state index < -0.39 is 0 Å². The molecule has 2 heterocycles. The average Bonchev–Trinajstić information content (AvgIpc) is 2.61. The fourth-order valence-corrected chi connectivity index (χ4v) is 3.34. The molecular formula is C19H24N4O2. The van der Waals surface area contributed by atoms with E-state index >= 15 is 0 Å². The summed E-state index contributed by atoms with van der Waals surface area (Å²) in [5, 5.41) is 0. The fourth-order valence-electron chi connectivity index (χ4n) is 3.34. The second-order valence-corrected chi connectivity index (χ2v) is 6.83. The van der Waals surface area contributed by atoms with Gasteiger partial charge in [-0.1, -0.05) is 12.1 Å². The maximum Gasteiger partial charge on any atom is 0.255 e. The van der Waals surface area contributed by atoms with Crippen molar-refractivity contribution >= 4 is 17.4 Å². The van der Waals surface area contributed by atoms with Crippen LogP contribution in [0.4, 0.5) is 11.5 Å². The minimum atomic E-state index is -0.218. The minimum Gasteiger partial charge on any atom is -0.495 e. The van der Waals surface area contributed by atoms with Gasteiger partial charge >= 0.3 is 0 Å². The first-order chi connectivity index (χ1) is 11.9. The smallest absolute Gasteiger partial charge is 0.255 e. The third kappa shape index (κ3) is 3.38. The number of nitrogens with two attached hydrogens (primary N) is 1. The summed E-state index contributed by atoms with van der Waals surface area (Å²) in [5.41, 5.74) is 7.00. The number of amides is 1. The molecular weight excluding hydrogens is 316 g/mol. The third-order valence-corrected chi connectivity index (χ3v) is 4.60. The van der Waals surface area contributed by atoms with Crippen LogP contribution in [0.15, 0.2) is 42.6 Å². The number of pyridine rings is 1. The quantitative estimate of drug-likeness (QED) is 0.929. The predicted molar refractivity (Wildman–Crippen MR) is 99.0 cm³/mol. The number of nitrogen functional groups attached to an aromatic ring is 1. The lowest BCUT2D eigenvalue weighted by molar-refractivity contribution is 0.0685. The first-order valence-electron chi connectivity index (χ1n) is 8.34. The number of rotatable bonds is 3. The number of para-hydroxylation sites is 2. The van der Waals surface area contributed by atoms with Crippen molar-refractivity contribution in [3.63, 3.8) is 0 Å². The Morgan fingerprint density at radius 1 is 1.20 bits per heavy atom. The van der Waals surface area contributed by atoms with Crippen LogP contribution in [-0.4, -0.2) is 48.1 Å². The van der Waals surface area contributed by atoms with E-state index in [4.69, 9.17) is 10.5 Å². The van der Waals surface area contributed by atoms with Crippen LogP contribution in [0.5, 0.6) is 5.75 Å². The number of ether oxygens (including phenoxy) is 1. The molecule has 1 aliphatic rings. The zero-order valence-electron chi connectivity index (χ0n) is 14.9.